The van der Waals surface area contributed by atoms with Crippen LogP contribution in [0.1, 0.15) is 61.3 Å². The molecule has 2 aliphatic heterocycles. The lowest BCUT2D eigenvalue weighted by Crippen LogP contribution is -2.61. The Labute approximate surface area is 368 Å². The maximum atomic E-state index is 9.09. The van der Waals surface area contributed by atoms with Gasteiger partial charge in [0.05, 0.1) is 5.69 Å². The summed E-state index contributed by atoms with van der Waals surface area (Å²) >= 11 is 1.81. The zero-order valence-electron chi connectivity index (χ0n) is 38.0. The van der Waals surface area contributed by atoms with Gasteiger partial charge in [0.2, 0.25) is 0 Å². The van der Waals surface area contributed by atoms with Crippen LogP contribution in [0.15, 0.2) is 170 Å². The topological polar surface area (TPSA) is 6.48 Å². The van der Waals surface area contributed by atoms with Gasteiger partial charge in [0.25, 0.3) is 6.71 Å². The second kappa shape index (κ2) is 13.3. The molecule has 0 spiro atoms. The van der Waals surface area contributed by atoms with E-state index in [1.54, 1.807) is 0 Å². The van der Waals surface area contributed by atoms with Gasteiger partial charge in [0.15, 0.2) is 0 Å². The molecule has 0 amide bonds. The summed E-state index contributed by atoms with van der Waals surface area (Å²) < 4.78 is 29.7. The van der Waals surface area contributed by atoms with Crippen LogP contribution in [-0.2, 0) is 10.8 Å². The van der Waals surface area contributed by atoms with Crippen LogP contribution >= 0.6 is 11.3 Å². The van der Waals surface area contributed by atoms with E-state index in [9.17, 15) is 0 Å². The number of hydrogen-bond donors (Lipinski definition) is 0. The Morgan fingerprint density at radius 2 is 1.10 bits per heavy atom. The van der Waals surface area contributed by atoms with E-state index in [1.807, 2.05) is 29.5 Å². The van der Waals surface area contributed by atoms with E-state index in [0.717, 1.165) is 74.7 Å². The Morgan fingerprint density at radius 3 is 1.84 bits per heavy atom. The van der Waals surface area contributed by atoms with E-state index in [1.165, 1.54) is 42.2 Å². The fourth-order valence-electron chi connectivity index (χ4n) is 10.8. The Bertz CT molecular complexity index is 3350. The largest absolute Gasteiger partial charge is 0.311 e. The third-order valence-corrected chi connectivity index (χ3v) is 15.1. The van der Waals surface area contributed by atoms with Crippen molar-refractivity contribution in [3.05, 3.63) is 187 Å². The molecule has 4 heteroatoms. The molecule has 1 aliphatic carbocycles. The first-order valence-electron chi connectivity index (χ1n) is 23.1. The van der Waals surface area contributed by atoms with Gasteiger partial charge in [-0.2, -0.15) is 0 Å². The molecule has 294 valence electrons. The molecular formula is C57H47BN2S. The normalized spacial score (nSPS) is 16.6. The van der Waals surface area contributed by atoms with Crippen molar-refractivity contribution in [1.82, 2.24) is 0 Å². The highest BCUT2D eigenvalue weighted by Gasteiger charge is 2.46. The third-order valence-electron chi connectivity index (χ3n) is 14.0. The molecule has 0 saturated carbocycles. The van der Waals surface area contributed by atoms with Crippen molar-refractivity contribution in [3.63, 3.8) is 0 Å². The number of anilines is 6. The van der Waals surface area contributed by atoms with Gasteiger partial charge in [-0.3, -0.25) is 0 Å². The summed E-state index contributed by atoms with van der Waals surface area (Å²) in [7, 11) is 0. The molecule has 61 heavy (non-hydrogen) atoms. The summed E-state index contributed by atoms with van der Waals surface area (Å²) in [6.45, 7) is 7.08. The van der Waals surface area contributed by atoms with Crippen molar-refractivity contribution in [3.8, 4) is 22.3 Å². The zero-order chi connectivity index (χ0) is 43.7. The smallest absolute Gasteiger partial charge is 0.252 e. The molecule has 0 unspecified atom stereocenters. The van der Waals surface area contributed by atoms with E-state index in [2.05, 4.69) is 189 Å². The fourth-order valence-corrected chi connectivity index (χ4v) is 11.9. The highest BCUT2D eigenvalue weighted by atomic mass is 32.1. The lowest BCUT2D eigenvalue weighted by atomic mass is 9.33. The van der Waals surface area contributed by atoms with Crippen molar-refractivity contribution in [2.24, 2.45) is 0 Å². The molecule has 12 rings (SSSR count). The molecule has 0 radical (unpaired) electrons. The van der Waals surface area contributed by atoms with Gasteiger partial charge in [0.1, 0.15) is 0 Å². The molecule has 3 aliphatic rings. The van der Waals surface area contributed by atoms with Gasteiger partial charge in [-0.25, -0.2) is 0 Å². The Hall–Kier alpha value is -6.36. The molecule has 0 atom stereocenters. The molecule has 0 saturated heterocycles. The molecule has 0 bridgehead atoms. The van der Waals surface area contributed by atoms with Crippen LogP contribution < -0.4 is 26.2 Å². The number of fused-ring (bicyclic) bond motifs is 8. The average Bonchev–Trinajstić information content (AvgIpc) is 3.69. The Balaban J connectivity index is 1.23. The number of thiophene rings is 1. The van der Waals surface area contributed by atoms with Crippen molar-refractivity contribution in [1.29, 1.82) is 0 Å². The monoisotopic (exact) mass is 805 g/mol. The first-order chi connectivity index (χ1) is 30.9. The summed E-state index contributed by atoms with van der Waals surface area (Å²) in [5, 5.41) is 2.40. The molecule has 0 N–H and O–H groups in total. The Morgan fingerprint density at radius 1 is 0.492 bits per heavy atom. The number of benzene rings is 8. The van der Waals surface area contributed by atoms with E-state index in [4.69, 9.17) is 4.11 Å². The van der Waals surface area contributed by atoms with Gasteiger partial charge in [-0.1, -0.05) is 143 Å². The van der Waals surface area contributed by atoms with E-state index in [0.29, 0.717) is 5.56 Å². The molecule has 3 heterocycles. The molecular weight excluding hydrogens is 756 g/mol. The summed E-state index contributed by atoms with van der Waals surface area (Å²) in [6, 6.07) is 61.1. The predicted octanol–water partition coefficient (Wildman–Crippen LogP) is 14.1. The number of hydrogen-bond acceptors (Lipinski definition) is 3. The van der Waals surface area contributed by atoms with E-state index < -0.39 is 6.85 Å². The highest BCUT2D eigenvalue weighted by Crippen LogP contribution is 2.52. The second-order valence-corrected chi connectivity index (χ2v) is 19.6. The van der Waals surface area contributed by atoms with Crippen LogP contribution in [0.4, 0.5) is 34.1 Å². The maximum Gasteiger partial charge on any atom is 0.252 e. The van der Waals surface area contributed by atoms with Gasteiger partial charge >= 0.3 is 0 Å². The number of rotatable bonds is 4. The minimum absolute atomic E-state index is 0.0267. The summed E-state index contributed by atoms with van der Waals surface area (Å²) in [6.07, 6.45) is 2.19. The molecule has 1 aromatic heterocycles. The summed E-state index contributed by atoms with van der Waals surface area (Å²) in [5.74, 6) is 0. The molecule has 8 aromatic carbocycles. The highest BCUT2D eigenvalue weighted by molar-refractivity contribution is 7.26. The first kappa shape index (κ1) is 33.4. The van der Waals surface area contributed by atoms with Gasteiger partial charge in [-0.05, 0) is 140 Å². The van der Waals surface area contributed by atoms with Crippen LogP contribution in [0.25, 0.3) is 42.4 Å². The molecule has 9 aromatic rings. The Kier molecular flexibility index (Phi) is 7.29. The molecule has 2 nitrogen and oxygen atoms in total. The minimum Gasteiger partial charge on any atom is -0.311 e. The van der Waals surface area contributed by atoms with Crippen LogP contribution in [0.5, 0.6) is 0 Å². The first-order valence-corrected chi connectivity index (χ1v) is 22.4. The lowest BCUT2D eigenvalue weighted by Gasteiger charge is -2.47. The van der Waals surface area contributed by atoms with Gasteiger partial charge in [-0.15, -0.1) is 11.3 Å². The minimum atomic E-state index is -2.38. The second-order valence-electron chi connectivity index (χ2n) is 18.6. The third kappa shape index (κ3) is 5.54. The van der Waals surface area contributed by atoms with Crippen molar-refractivity contribution in [2.45, 2.75) is 58.2 Å². The lowest BCUT2D eigenvalue weighted by molar-refractivity contribution is 0.332. The zero-order valence-corrected chi connectivity index (χ0v) is 35.8. The van der Waals surface area contributed by atoms with Gasteiger partial charge in [0, 0.05) is 52.7 Å². The number of aryl methyl sites for hydroxylation is 1. The van der Waals surface area contributed by atoms with E-state index in [-0.39, 0.29) is 17.5 Å². The van der Waals surface area contributed by atoms with Gasteiger partial charge < -0.3 is 9.80 Å². The predicted molar refractivity (Wildman–Crippen MR) is 264 cm³/mol. The van der Waals surface area contributed by atoms with Crippen molar-refractivity contribution < 1.29 is 4.11 Å². The molecule has 0 fully saturated rings. The van der Waals surface area contributed by atoms with Crippen LogP contribution in [-0.4, -0.2) is 6.71 Å². The standard InChI is InChI=1S/C57H47BN2S/c1-36-30-50-55-51(31-36)60(47-23-15-25-53-54(47)42-22-12-13-24-52(42)61-53)49-35-44-43(56(2,3)28-29-57(44,4)5)34-46(49)58(55)45-27-26-40(38-18-10-7-11-19-38)33-48(45)59(50)41-21-14-20-39(32-41)37-16-8-6-9-17-37/h6-27,30-35H,28-29H2,1-5H3/i1D3. The summed E-state index contributed by atoms with van der Waals surface area (Å²) in [5.41, 5.74) is 17.1. The average molecular weight is 806 g/mol. The number of nitrogens with zero attached hydrogens (tertiary/aromatic N) is 2. The van der Waals surface area contributed by atoms with Crippen LogP contribution in [0.3, 0.4) is 0 Å². The van der Waals surface area contributed by atoms with Crippen LogP contribution in [0.2, 0.25) is 0 Å². The quantitative estimate of drug-likeness (QED) is 0.164. The maximum absolute atomic E-state index is 9.09. The van der Waals surface area contributed by atoms with Crippen molar-refractivity contribution >= 4 is 88.7 Å². The fraction of sp³-hybridized carbons (Fsp3) is 0.158. The van der Waals surface area contributed by atoms with E-state index >= 15 is 0 Å². The van der Waals surface area contributed by atoms with Crippen molar-refractivity contribution in [2.75, 3.05) is 9.80 Å². The summed E-state index contributed by atoms with van der Waals surface area (Å²) in [4.78, 5) is 4.80. The van der Waals surface area contributed by atoms with Crippen LogP contribution in [0, 0.1) is 6.85 Å². The SMILES string of the molecule is [2H]C([2H])([2H])c1cc2c3c(c1)N(c1cccc4sc5ccccc5c14)c1cc4c(cc1B3c1ccc(-c3ccccc3)cc1N2c1cccc(-c2ccccc2)c1)C(C)(C)CCC4(C)C.